The van der Waals surface area contributed by atoms with Gasteiger partial charge in [0.25, 0.3) is 0 Å². The van der Waals surface area contributed by atoms with Crippen LogP contribution in [0.1, 0.15) is 39.0 Å². The number of rotatable bonds is 5. The molecule has 1 aromatic rings. The van der Waals surface area contributed by atoms with Crippen molar-refractivity contribution in [3.8, 4) is 0 Å². The molecule has 3 N–H and O–H groups in total. The number of hydrogen-bond donors (Lipinski definition) is 2. The van der Waals surface area contributed by atoms with Gasteiger partial charge in [-0.25, -0.2) is 4.39 Å². The highest BCUT2D eigenvalue weighted by Gasteiger charge is 2.21. The minimum atomic E-state index is -0.399. The Hall–Kier alpha value is -1.62. The van der Waals surface area contributed by atoms with Gasteiger partial charge in [0, 0.05) is 19.0 Å². The maximum absolute atomic E-state index is 13.0. The monoisotopic (exact) mass is 293 g/mol. The van der Waals surface area contributed by atoms with Crippen LogP contribution in [0.2, 0.25) is 0 Å². The molecule has 1 amide bonds. The Balaban J connectivity index is 1.84. The van der Waals surface area contributed by atoms with Crippen LogP contribution in [0.25, 0.3) is 0 Å². The fourth-order valence-corrected chi connectivity index (χ4v) is 2.92. The molecule has 0 spiro atoms. The average Bonchev–Trinajstić information content (AvgIpc) is 2.48. The first kappa shape index (κ1) is 15.8. The van der Waals surface area contributed by atoms with Crippen molar-refractivity contribution in [3.63, 3.8) is 0 Å². The molecule has 1 saturated heterocycles. The standard InChI is InChI=1S/C16H24FN3O/c1-2-13-5-3-4-9-20(13)10-8-16(21)19-15-7-6-12(17)11-14(15)18/h6-7,11,13H,2-5,8-10,18H2,1H3,(H,19,21). The van der Waals surface area contributed by atoms with Crippen LogP contribution >= 0.6 is 0 Å². The molecule has 0 saturated carbocycles. The number of nitrogens with one attached hydrogen (secondary N) is 1. The molecular weight excluding hydrogens is 269 g/mol. The van der Waals surface area contributed by atoms with Crippen LogP contribution in [0.5, 0.6) is 0 Å². The third-order valence-corrected chi connectivity index (χ3v) is 4.13. The van der Waals surface area contributed by atoms with Crippen molar-refractivity contribution in [2.75, 3.05) is 24.1 Å². The molecule has 1 heterocycles. The number of amides is 1. The Bertz CT molecular complexity index is 492. The van der Waals surface area contributed by atoms with Crippen LogP contribution < -0.4 is 11.1 Å². The molecule has 1 fully saturated rings. The molecule has 1 unspecified atom stereocenters. The first-order valence-electron chi connectivity index (χ1n) is 7.69. The topological polar surface area (TPSA) is 58.4 Å². The van der Waals surface area contributed by atoms with E-state index in [4.69, 9.17) is 5.73 Å². The van der Waals surface area contributed by atoms with Crippen molar-refractivity contribution in [2.24, 2.45) is 0 Å². The van der Waals surface area contributed by atoms with Crippen LogP contribution in [0, 0.1) is 5.82 Å². The van der Waals surface area contributed by atoms with E-state index in [1.54, 1.807) is 0 Å². The lowest BCUT2D eigenvalue weighted by Crippen LogP contribution is -2.40. The van der Waals surface area contributed by atoms with E-state index >= 15 is 0 Å². The summed E-state index contributed by atoms with van der Waals surface area (Å²) in [5.41, 5.74) is 6.42. The quantitative estimate of drug-likeness (QED) is 0.821. The molecule has 4 nitrogen and oxygen atoms in total. The number of carbonyl (C=O) groups excluding carboxylic acids is 1. The second kappa shape index (κ2) is 7.41. The molecule has 0 aliphatic carbocycles. The molecule has 1 atom stereocenters. The molecule has 2 rings (SSSR count). The third-order valence-electron chi connectivity index (χ3n) is 4.13. The second-order valence-electron chi connectivity index (χ2n) is 5.62. The maximum atomic E-state index is 13.0. The van der Waals surface area contributed by atoms with Gasteiger partial charge in [0.15, 0.2) is 0 Å². The molecule has 5 heteroatoms. The fourth-order valence-electron chi connectivity index (χ4n) is 2.92. The number of nitrogen functional groups attached to an aromatic ring is 1. The minimum absolute atomic E-state index is 0.0752. The van der Waals surface area contributed by atoms with Crippen molar-refractivity contribution >= 4 is 17.3 Å². The van der Waals surface area contributed by atoms with Crippen LogP contribution in [0.15, 0.2) is 18.2 Å². The predicted octanol–water partition coefficient (Wildman–Crippen LogP) is 3.00. The van der Waals surface area contributed by atoms with Crippen molar-refractivity contribution in [3.05, 3.63) is 24.0 Å². The molecule has 0 radical (unpaired) electrons. The number of nitrogens with zero attached hydrogens (tertiary/aromatic N) is 1. The predicted molar refractivity (Wildman–Crippen MR) is 83.6 cm³/mol. The van der Waals surface area contributed by atoms with E-state index in [1.165, 1.54) is 37.5 Å². The van der Waals surface area contributed by atoms with Crippen LogP contribution in [-0.4, -0.2) is 29.9 Å². The summed E-state index contributed by atoms with van der Waals surface area (Å²) in [7, 11) is 0. The zero-order valence-electron chi connectivity index (χ0n) is 12.6. The van der Waals surface area contributed by atoms with Crippen molar-refractivity contribution in [1.82, 2.24) is 4.90 Å². The minimum Gasteiger partial charge on any atom is -0.397 e. The van der Waals surface area contributed by atoms with Gasteiger partial charge in [-0.15, -0.1) is 0 Å². The number of halogens is 1. The molecule has 1 aliphatic heterocycles. The lowest BCUT2D eigenvalue weighted by molar-refractivity contribution is -0.116. The van der Waals surface area contributed by atoms with E-state index in [9.17, 15) is 9.18 Å². The summed E-state index contributed by atoms with van der Waals surface area (Å²) < 4.78 is 13.0. The van der Waals surface area contributed by atoms with Gasteiger partial charge in [0.1, 0.15) is 5.82 Å². The number of piperidine rings is 1. The fraction of sp³-hybridized carbons (Fsp3) is 0.562. The van der Waals surface area contributed by atoms with E-state index in [1.807, 2.05) is 0 Å². The molecule has 116 valence electrons. The van der Waals surface area contributed by atoms with Gasteiger partial charge >= 0.3 is 0 Å². The highest BCUT2D eigenvalue weighted by atomic mass is 19.1. The van der Waals surface area contributed by atoms with Crippen molar-refractivity contribution in [1.29, 1.82) is 0 Å². The maximum Gasteiger partial charge on any atom is 0.225 e. The second-order valence-corrected chi connectivity index (χ2v) is 5.62. The van der Waals surface area contributed by atoms with E-state index < -0.39 is 5.82 Å². The third kappa shape index (κ3) is 4.43. The van der Waals surface area contributed by atoms with E-state index in [0.29, 0.717) is 18.2 Å². The van der Waals surface area contributed by atoms with E-state index in [0.717, 1.165) is 19.5 Å². The number of nitrogens with two attached hydrogens (primary N) is 1. The van der Waals surface area contributed by atoms with Crippen LogP contribution in [0.4, 0.5) is 15.8 Å². The highest BCUT2D eigenvalue weighted by Crippen LogP contribution is 2.21. The number of anilines is 2. The number of benzene rings is 1. The normalized spacial score (nSPS) is 19.4. The number of likely N-dealkylation sites (tertiary alicyclic amines) is 1. The summed E-state index contributed by atoms with van der Waals surface area (Å²) in [6, 6.07) is 4.61. The molecule has 0 bridgehead atoms. The Kier molecular flexibility index (Phi) is 5.56. The first-order valence-corrected chi connectivity index (χ1v) is 7.69. The lowest BCUT2D eigenvalue weighted by atomic mass is 10.00. The average molecular weight is 293 g/mol. The number of hydrogen-bond acceptors (Lipinski definition) is 3. The molecule has 21 heavy (non-hydrogen) atoms. The van der Waals surface area contributed by atoms with Gasteiger partial charge in [0.2, 0.25) is 5.91 Å². The summed E-state index contributed by atoms with van der Waals surface area (Å²) in [5.74, 6) is -0.474. The zero-order valence-corrected chi connectivity index (χ0v) is 12.6. The highest BCUT2D eigenvalue weighted by molar-refractivity contribution is 5.93. The SMILES string of the molecule is CCC1CCCCN1CCC(=O)Nc1ccc(F)cc1N. The summed E-state index contributed by atoms with van der Waals surface area (Å²) in [4.78, 5) is 14.4. The van der Waals surface area contributed by atoms with Gasteiger partial charge in [-0.05, 0) is 44.0 Å². The molecule has 1 aromatic carbocycles. The summed E-state index contributed by atoms with van der Waals surface area (Å²) in [5, 5.41) is 2.75. The van der Waals surface area contributed by atoms with Crippen LogP contribution in [0.3, 0.4) is 0 Å². The molecule has 1 aliphatic rings. The van der Waals surface area contributed by atoms with E-state index in [-0.39, 0.29) is 11.6 Å². The molecular formula is C16H24FN3O. The molecule has 0 aromatic heterocycles. The van der Waals surface area contributed by atoms with Gasteiger partial charge in [-0.2, -0.15) is 0 Å². The Morgan fingerprint density at radius 1 is 1.48 bits per heavy atom. The van der Waals surface area contributed by atoms with Crippen molar-refractivity contribution in [2.45, 2.75) is 45.1 Å². The summed E-state index contributed by atoms with van der Waals surface area (Å²) >= 11 is 0. The summed E-state index contributed by atoms with van der Waals surface area (Å²) in [6.07, 6.45) is 5.29. The lowest BCUT2D eigenvalue weighted by Gasteiger charge is -2.35. The smallest absolute Gasteiger partial charge is 0.225 e. The van der Waals surface area contributed by atoms with Gasteiger partial charge in [-0.3, -0.25) is 9.69 Å². The largest absolute Gasteiger partial charge is 0.397 e. The summed E-state index contributed by atoms with van der Waals surface area (Å²) in [6.45, 7) is 4.04. The van der Waals surface area contributed by atoms with Gasteiger partial charge in [0.05, 0.1) is 11.4 Å². The Morgan fingerprint density at radius 3 is 3.00 bits per heavy atom. The zero-order chi connectivity index (χ0) is 15.2. The van der Waals surface area contributed by atoms with E-state index in [2.05, 4.69) is 17.1 Å². The van der Waals surface area contributed by atoms with Crippen molar-refractivity contribution < 1.29 is 9.18 Å². The van der Waals surface area contributed by atoms with Gasteiger partial charge < -0.3 is 11.1 Å². The Morgan fingerprint density at radius 2 is 2.29 bits per heavy atom. The Labute approximate surface area is 125 Å². The first-order chi connectivity index (χ1) is 10.1. The van der Waals surface area contributed by atoms with Crippen LogP contribution in [-0.2, 0) is 4.79 Å². The number of carbonyl (C=O) groups is 1. The van der Waals surface area contributed by atoms with Gasteiger partial charge in [-0.1, -0.05) is 13.3 Å².